The Labute approximate surface area is 112 Å². The van der Waals surface area contributed by atoms with Crippen LogP contribution in [0.3, 0.4) is 0 Å². The largest absolute Gasteiger partial charge is 0.306 e. The monoisotopic (exact) mass is 261 g/mol. The zero-order valence-corrected chi connectivity index (χ0v) is 11.1. The Hall–Kier alpha value is -1.74. The van der Waals surface area contributed by atoms with Crippen molar-refractivity contribution >= 4 is 0 Å². The smallest absolute Gasteiger partial charge is 0.126 e. The first-order valence-corrected chi connectivity index (χ1v) is 6.30. The first-order chi connectivity index (χ1) is 9.06. The Kier molecular flexibility index (Phi) is 4.27. The number of hydrogen-bond donors (Lipinski definition) is 1. The number of aryl methyl sites for hydroxylation is 1. The molecule has 2 aromatic rings. The zero-order chi connectivity index (χ0) is 13.8. The van der Waals surface area contributed by atoms with Gasteiger partial charge in [-0.05, 0) is 48.7 Å². The minimum Gasteiger partial charge on any atom is -0.306 e. The van der Waals surface area contributed by atoms with Crippen LogP contribution in [0, 0.1) is 18.6 Å². The zero-order valence-electron chi connectivity index (χ0n) is 11.1. The molecule has 3 heteroatoms. The molecule has 1 N–H and O–H groups in total. The first-order valence-electron chi connectivity index (χ1n) is 6.30. The lowest BCUT2D eigenvalue weighted by Gasteiger charge is -2.14. The van der Waals surface area contributed by atoms with E-state index in [0.717, 1.165) is 11.1 Å². The van der Waals surface area contributed by atoms with Gasteiger partial charge < -0.3 is 5.32 Å². The molecule has 1 atom stereocenters. The molecule has 0 heterocycles. The van der Waals surface area contributed by atoms with Crippen LogP contribution in [0.1, 0.15) is 29.7 Å². The summed E-state index contributed by atoms with van der Waals surface area (Å²) in [6.45, 7) is 4.32. The number of halogens is 2. The van der Waals surface area contributed by atoms with E-state index in [0.29, 0.717) is 12.1 Å². The molecule has 0 saturated heterocycles. The Morgan fingerprint density at radius 1 is 1.05 bits per heavy atom. The molecule has 0 amide bonds. The van der Waals surface area contributed by atoms with Crippen LogP contribution in [0.2, 0.25) is 0 Å². The topological polar surface area (TPSA) is 12.0 Å². The molecule has 19 heavy (non-hydrogen) atoms. The van der Waals surface area contributed by atoms with Gasteiger partial charge in [-0.25, -0.2) is 8.78 Å². The number of rotatable bonds is 4. The average molecular weight is 261 g/mol. The van der Waals surface area contributed by atoms with E-state index in [1.54, 1.807) is 31.2 Å². The van der Waals surface area contributed by atoms with E-state index < -0.39 is 0 Å². The lowest BCUT2D eigenvalue weighted by Crippen LogP contribution is -2.18. The summed E-state index contributed by atoms with van der Waals surface area (Å²) < 4.78 is 26.2. The second-order valence-corrected chi connectivity index (χ2v) is 4.74. The van der Waals surface area contributed by atoms with E-state index in [1.807, 2.05) is 13.0 Å². The molecule has 1 nitrogen and oxygen atoms in total. The fourth-order valence-electron chi connectivity index (χ4n) is 1.89. The quantitative estimate of drug-likeness (QED) is 0.872. The van der Waals surface area contributed by atoms with E-state index in [9.17, 15) is 8.78 Å². The van der Waals surface area contributed by atoms with Gasteiger partial charge >= 0.3 is 0 Å². The highest BCUT2D eigenvalue weighted by molar-refractivity contribution is 5.24. The summed E-state index contributed by atoms with van der Waals surface area (Å²) in [4.78, 5) is 0. The number of hydrogen-bond acceptors (Lipinski definition) is 1. The molecule has 0 aliphatic carbocycles. The SMILES string of the molecule is Cc1ccc(CN[C@H](C)c2ccc(F)cc2)cc1F. The summed E-state index contributed by atoms with van der Waals surface area (Å²) in [5.74, 6) is -0.426. The van der Waals surface area contributed by atoms with E-state index >= 15 is 0 Å². The van der Waals surface area contributed by atoms with Crippen molar-refractivity contribution in [3.05, 3.63) is 70.8 Å². The first kappa shape index (κ1) is 13.7. The van der Waals surface area contributed by atoms with Gasteiger partial charge in [0.1, 0.15) is 11.6 Å². The molecule has 0 saturated carbocycles. The summed E-state index contributed by atoms with van der Waals surface area (Å²) in [5, 5.41) is 3.29. The molecule has 0 aromatic heterocycles. The Morgan fingerprint density at radius 3 is 2.37 bits per heavy atom. The lowest BCUT2D eigenvalue weighted by molar-refractivity contribution is 0.565. The predicted molar refractivity (Wildman–Crippen MR) is 72.8 cm³/mol. The maximum atomic E-state index is 13.4. The number of nitrogens with one attached hydrogen (secondary N) is 1. The molecule has 2 aromatic carbocycles. The molecule has 0 aliphatic rings. The van der Waals surface area contributed by atoms with Crippen LogP contribution in [-0.4, -0.2) is 0 Å². The van der Waals surface area contributed by atoms with Crippen LogP contribution in [-0.2, 0) is 6.54 Å². The van der Waals surface area contributed by atoms with Crippen molar-refractivity contribution in [2.75, 3.05) is 0 Å². The summed E-state index contributed by atoms with van der Waals surface area (Å²) in [6.07, 6.45) is 0. The van der Waals surface area contributed by atoms with Gasteiger partial charge in [0, 0.05) is 12.6 Å². The summed E-state index contributed by atoms with van der Waals surface area (Å²) in [7, 11) is 0. The minimum absolute atomic E-state index is 0.0879. The van der Waals surface area contributed by atoms with E-state index in [1.165, 1.54) is 12.1 Å². The predicted octanol–water partition coefficient (Wildman–Crippen LogP) is 4.12. The Morgan fingerprint density at radius 2 is 1.74 bits per heavy atom. The summed E-state index contributed by atoms with van der Waals surface area (Å²) in [5.41, 5.74) is 2.56. The molecule has 0 radical (unpaired) electrons. The molecule has 0 unspecified atom stereocenters. The van der Waals surface area contributed by atoms with Gasteiger partial charge in [-0.2, -0.15) is 0 Å². The van der Waals surface area contributed by atoms with Crippen molar-refractivity contribution in [3.8, 4) is 0 Å². The Balaban J connectivity index is 1.98. The minimum atomic E-state index is -0.239. The molecule has 0 bridgehead atoms. The summed E-state index contributed by atoms with van der Waals surface area (Å²) in [6, 6.07) is 11.7. The van der Waals surface area contributed by atoms with Crippen molar-refractivity contribution in [2.45, 2.75) is 26.4 Å². The van der Waals surface area contributed by atoms with Crippen LogP contribution >= 0.6 is 0 Å². The van der Waals surface area contributed by atoms with Gasteiger partial charge in [-0.3, -0.25) is 0 Å². The van der Waals surface area contributed by atoms with Gasteiger partial charge in [0.05, 0.1) is 0 Å². The highest BCUT2D eigenvalue weighted by Crippen LogP contribution is 2.14. The third kappa shape index (κ3) is 3.61. The normalized spacial score (nSPS) is 12.4. The van der Waals surface area contributed by atoms with Crippen LogP contribution in [0.5, 0.6) is 0 Å². The third-order valence-electron chi connectivity index (χ3n) is 3.22. The molecular formula is C16H17F2N. The van der Waals surface area contributed by atoms with Crippen LogP contribution in [0.25, 0.3) is 0 Å². The maximum absolute atomic E-state index is 13.4. The van der Waals surface area contributed by atoms with Crippen molar-refractivity contribution < 1.29 is 8.78 Å². The van der Waals surface area contributed by atoms with Crippen LogP contribution in [0.4, 0.5) is 8.78 Å². The lowest BCUT2D eigenvalue weighted by atomic mass is 10.1. The van der Waals surface area contributed by atoms with Gasteiger partial charge in [-0.15, -0.1) is 0 Å². The number of benzene rings is 2. The third-order valence-corrected chi connectivity index (χ3v) is 3.22. The second kappa shape index (κ2) is 5.93. The molecule has 0 aliphatic heterocycles. The van der Waals surface area contributed by atoms with E-state index in [4.69, 9.17) is 0 Å². The molecule has 0 spiro atoms. The van der Waals surface area contributed by atoms with Crippen LogP contribution < -0.4 is 5.32 Å². The molecule has 2 rings (SSSR count). The molecule has 100 valence electrons. The van der Waals surface area contributed by atoms with Gasteiger partial charge in [0.25, 0.3) is 0 Å². The second-order valence-electron chi connectivity index (χ2n) is 4.74. The fourth-order valence-corrected chi connectivity index (χ4v) is 1.89. The van der Waals surface area contributed by atoms with Gasteiger partial charge in [0.2, 0.25) is 0 Å². The highest BCUT2D eigenvalue weighted by atomic mass is 19.1. The maximum Gasteiger partial charge on any atom is 0.126 e. The van der Waals surface area contributed by atoms with Crippen molar-refractivity contribution in [3.63, 3.8) is 0 Å². The Bertz CT molecular complexity index is 549. The van der Waals surface area contributed by atoms with Gasteiger partial charge in [-0.1, -0.05) is 24.3 Å². The van der Waals surface area contributed by atoms with E-state index in [2.05, 4.69) is 5.32 Å². The molecular weight excluding hydrogens is 244 g/mol. The average Bonchev–Trinajstić information content (AvgIpc) is 2.40. The van der Waals surface area contributed by atoms with Gasteiger partial charge in [0.15, 0.2) is 0 Å². The standard InChI is InChI=1S/C16H17F2N/c1-11-3-4-13(9-16(11)18)10-19-12(2)14-5-7-15(17)8-6-14/h3-9,12,19H,10H2,1-2H3/t12-/m1/s1. The van der Waals surface area contributed by atoms with Crippen molar-refractivity contribution in [1.82, 2.24) is 5.32 Å². The fraction of sp³-hybridized carbons (Fsp3) is 0.250. The highest BCUT2D eigenvalue weighted by Gasteiger charge is 2.06. The van der Waals surface area contributed by atoms with E-state index in [-0.39, 0.29) is 17.7 Å². The van der Waals surface area contributed by atoms with Crippen LogP contribution in [0.15, 0.2) is 42.5 Å². The van der Waals surface area contributed by atoms with Crippen molar-refractivity contribution in [1.29, 1.82) is 0 Å². The summed E-state index contributed by atoms with van der Waals surface area (Å²) >= 11 is 0. The van der Waals surface area contributed by atoms with Crippen molar-refractivity contribution in [2.24, 2.45) is 0 Å². The molecule has 0 fully saturated rings.